The molecule has 68 valence electrons. The number of aromatic nitrogens is 2. The molecule has 0 unspecified atom stereocenters. The van der Waals surface area contributed by atoms with Crippen molar-refractivity contribution in [3.05, 3.63) is 12.3 Å². The molecule has 1 amide bonds. The van der Waals surface area contributed by atoms with E-state index in [2.05, 4.69) is 10.4 Å². The van der Waals surface area contributed by atoms with Crippen molar-refractivity contribution in [1.82, 2.24) is 9.78 Å². The number of hydrogen-bond donors (Lipinski definition) is 1. The topological polar surface area (TPSA) is 70.7 Å². The number of rotatable bonds is 3. The Morgan fingerprint density at radius 2 is 2.62 bits per heavy atom. The summed E-state index contributed by atoms with van der Waals surface area (Å²) >= 11 is 0. The molecule has 5 heteroatoms. The van der Waals surface area contributed by atoms with E-state index in [0.29, 0.717) is 5.82 Å². The Hall–Kier alpha value is -1.83. The lowest BCUT2D eigenvalue weighted by atomic mass is 10.4. The van der Waals surface area contributed by atoms with Crippen LogP contribution in [0.3, 0.4) is 0 Å². The van der Waals surface area contributed by atoms with Crippen molar-refractivity contribution in [2.45, 2.75) is 19.9 Å². The van der Waals surface area contributed by atoms with Crippen LogP contribution in [-0.2, 0) is 11.3 Å². The van der Waals surface area contributed by atoms with E-state index < -0.39 is 0 Å². The van der Waals surface area contributed by atoms with Gasteiger partial charge in [-0.15, -0.1) is 0 Å². The van der Waals surface area contributed by atoms with Gasteiger partial charge < -0.3 is 5.32 Å². The first-order chi connectivity index (χ1) is 6.26. The highest BCUT2D eigenvalue weighted by Gasteiger charge is 2.02. The molecule has 0 saturated carbocycles. The van der Waals surface area contributed by atoms with Crippen LogP contribution >= 0.6 is 0 Å². The molecule has 0 fully saturated rings. The lowest BCUT2D eigenvalue weighted by Gasteiger charge is -1.96. The highest BCUT2D eigenvalue weighted by atomic mass is 16.1. The zero-order chi connectivity index (χ0) is 9.68. The number of nitrogens with zero attached hydrogens (tertiary/aromatic N) is 3. The Labute approximate surface area is 76.0 Å². The van der Waals surface area contributed by atoms with Crippen molar-refractivity contribution in [3.63, 3.8) is 0 Å². The molecule has 0 bridgehead atoms. The monoisotopic (exact) mass is 178 g/mol. The number of carbonyl (C=O) groups excluding carboxylic acids is 1. The molecule has 1 aromatic heterocycles. The van der Waals surface area contributed by atoms with Gasteiger partial charge in [0.1, 0.15) is 6.42 Å². The minimum Gasteiger partial charge on any atom is -0.308 e. The molecule has 0 aromatic carbocycles. The van der Waals surface area contributed by atoms with Gasteiger partial charge in [0.15, 0.2) is 5.82 Å². The van der Waals surface area contributed by atoms with E-state index in [4.69, 9.17) is 5.26 Å². The molecule has 0 spiro atoms. The minimum atomic E-state index is -0.330. The van der Waals surface area contributed by atoms with Crippen LogP contribution in [0.15, 0.2) is 12.3 Å². The normalized spacial score (nSPS) is 9.23. The van der Waals surface area contributed by atoms with Gasteiger partial charge in [-0.2, -0.15) is 10.4 Å². The Morgan fingerprint density at radius 3 is 3.15 bits per heavy atom. The molecule has 5 nitrogen and oxygen atoms in total. The molecule has 0 saturated heterocycles. The summed E-state index contributed by atoms with van der Waals surface area (Å²) in [7, 11) is 0. The fourth-order valence-electron chi connectivity index (χ4n) is 0.863. The van der Waals surface area contributed by atoms with Gasteiger partial charge in [0.25, 0.3) is 0 Å². The summed E-state index contributed by atoms with van der Waals surface area (Å²) in [5, 5.41) is 14.8. The van der Waals surface area contributed by atoms with E-state index in [0.717, 1.165) is 6.54 Å². The summed E-state index contributed by atoms with van der Waals surface area (Å²) in [4.78, 5) is 10.9. The van der Waals surface area contributed by atoms with Crippen LogP contribution < -0.4 is 5.32 Å². The van der Waals surface area contributed by atoms with Gasteiger partial charge in [0, 0.05) is 18.8 Å². The molecular formula is C8H10N4O. The van der Waals surface area contributed by atoms with Crippen molar-refractivity contribution in [2.75, 3.05) is 5.32 Å². The third kappa shape index (κ3) is 2.60. The first-order valence-corrected chi connectivity index (χ1v) is 3.96. The van der Waals surface area contributed by atoms with Crippen molar-refractivity contribution in [1.29, 1.82) is 5.26 Å². The van der Waals surface area contributed by atoms with E-state index in [-0.39, 0.29) is 12.3 Å². The minimum absolute atomic E-state index is 0.140. The van der Waals surface area contributed by atoms with Gasteiger partial charge in [0.05, 0.1) is 6.07 Å². The maximum Gasteiger partial charge on any atom is 0.239 e. The number of nitriles is 1. The van der Waals surface area contributed by atoms with Crippen LogP contribution in [0, 0.1) is 11.3 Å². The molecule has 0 atom stereocenters. The Morgan fingerprint density at radius 1 is 1.85 bits per heavy atom. The summed E-state index contributed by atoms with van der Waals surface area (Å²) in [6.07, 6.45) is 1.63. The average molecular weight is 178 g/mol. The molecular weight excluding hydrogens is 168 g/mol. The third-order valence-electron chi connectivity index (χ3n) is 1.47. The van der Waals surface area contributed by atoms with E-state index >= 15 is 0 Å². The summed E-state index contributed by atoms with van der Waals surface area (Å²) in [6.45, 7) is 2.71. The third-order valence-corrected chi connectivity index (χ3v) is 1.47. The predicted octanol–water partition coefficient (Wildman–Crippen LogP) is 0.755. The molecule has 0 aliphatic rings. The largest absolute Gasteiger partial charge is 0.308 e. The number of carbonyl (C=O) groups is 1. The molecule has 1 aromatic rings. The molecule has 1 N–H and O–H groups in total. The van der Waals surface area contributed by atoms with Crippen molar-refractivity contribution in [2.24, 2.45) is 0 Å². The Kier molecular flexibility index (Phi) is 3.03. The van der Waals surface area contributed by atoms with Gasteiger partial charge in [-0.05, 0) is 6.92 Å². The number of hydrogen-bond acceptors (Lipinski definition) is 3. The van der Waals surface area contributed by atoms with Crippen molar-refractivity contribution in [3.8, 4) is 6.07 Å². The Balaban J connectivity index is 2.55. The molecule has 0 aliphatic carbocycles. The predicted molar refractivity (Wildman–Crippen MR) is 46.8 cm³/mol. The fourth-order valence-corrected chi connectivity index (χ4v) is 0.863. The summed E-state index contributed by atoms with van der Waals surface area (Å²) in [6, 6.07) is 3.46. The second kappa shape index (κ2) is 4.26. The smallest absolute Gasteiger partial charge is 0.239 e. The number of anilines is 1. The summed E-state index contributed by atoms with van der Waals surface area (Å²) in [5.41, 5.74) is 0. The fraction of sp³-hybridized carbons (Fsp3) is 0.375. The second-order valence-electron chi connectivity index (χ2n) is 2.44. The quantitative estimate of drug-likeness (QED) is 0.742. The summed E-state index contributed by atoms with van der Waals surface area (Å²) < 4.78 is 1.70. The molecule has 13 heavy (non-hydrogen) atoms. The molecule has 0 aliphatic heterocycles. The van der Waals surface area contributed by atoms with Crippen LogP contribution in [0.2, 0.25) is 0 Å². The van der Waals surface area contributed by atoms with Crippen LogP contribution in [0.1, 0.15) is 13.3 Å². The zero-order valence-corrected chi connectivity index (χ0v) is 7.32. The van der Waals surface area contributed by atoms with E-state index in [9.17, 15) is 4.79 Å². The number of nitrogens with one attached hydrogen (secondary N) is 1. The first kappa shape index (κ1) is 9.26. The van der Waals surface area contributed by atoms with Gasteiger partial charge in [0.2, 0.25) is 5.91 Å². The van der Waals surface area contributed by atoms with E-state index in [1.807, 2.05) is 6.92 Å². The van der Waals surface area contributed by atoms with Crippen LogP contribution in [0.5, 0.6) is 0 Å². The zero-order valence-electron chi connectivity index (χ0n) is 7.32. The van der Waals surface area contributed by atoms with E-state index in [1.54, 1.807) is 23.0 Å². The first-order valence-electron chi connectivity index (χ1n) is 3.96. The summed E-state index contributed by atoms with van der Waals surface area (Å²) in [5.74, 6) is 0.158. The molecule has 1 rings (SSSR count). The highest BCUT2D eigenvalue weighted by Crippen LogP contribution is 2.02. The van der Waals surface area contributed by atoms with Gasteiger partial charge in [-0.25, -0.2) is 0 Å². The lowest BCUT2D eigenvalue weighted by Crippen LogP contribution is -2.10. The number of amides is 1. The SMILES string of the molecule is CCn1ccc(NC(=O)CC#N)n1. The Bertz CT molecular complexity index is 336. The van der Waals surface area contributed by atoms with Crippen LogP contribution in [0.4, 0.5) is 5.82 Å². The van der Waals surface area contributed by atoms with Crippen molar-refractivity contribution < 1.29 is 4.79 Å². The van der Waals surface area contributed by atoms with E-state index in [1.165, 1.54) is 0 Å². The average Bonchev–Trinajstić information content (AvgIpc) is 2.52. The standard InChI is InChI=1S/C8H10N4O/c1-2-12-6-4-7(11-12)10-8(13)3-5-9/h4,6H,2-3H2,1H3,(H,10,11,13). The maximum atomic E-state index is 10.9. The lowest BCUT2D eigenvalue weighted by molar-refractivity contribution is -0.115. The second-order valence-corrected chi connectivity index (χ2v) is 2.44. The van der Waals surface area contributed by atoms with Crippen molar-refractivity contribution >= 4 is 11.7 Å². The number of aryl methyl sites for hydroxylation is 1. The molecule has 1 heterocycles. The highest BCUT2D eigenvalue weighted by molar-refractivity contribution is 5.91. The van der Waals surface area contributed by atoms with Gasteiger partial charge >= 0.3 is 0 Å². The van der Waals surface area contributed by atoms with Crippen LogP contribution in [0.25, 0.3) is 0 Å². The van der Waals surface area contributed by atoms with Gasteiger partial charge in [-0.3, -0.25) is 9.48 Å². The maximum absolute atomic E-state index is 10.9. The van der Waals surface area contributed by atoms with Crippen LogP contribution in [-0.4, -0.2) is 15.7 Å². The van der Waals surface area contributed by atoms with Gasteiger partial charge in [-0.1, -0.05) is 0 Å². The molecule has 0 radical (unpaired) electrons.